The molecule has 162 valence electrons. The number of ether oxygens (including phenoxy) is 1. The van der Waals surface area contributed by atoms with Crippen LogP contribution in [0.5, 0.6) is 0 Å². The third-order valence-corrected chi connectivity index (χ3v) is 5.40. The highest BCUT2D eigenvalue weighted by atomic mass is 19.1. The van der Waals surface area contributed by atoms with Crippen LogP contribution in [0.1, 0.15) is 55.4 Å². The summed E-state index contributed by atoms with van der Waals surface area (Å²) in [7, 11) is 0. The van der Waals surface area contributed by atoms with Gasteiger partial charge in [-0.15, -0.1) is 0 Å². The average Bonchev–Trinajstić information content (AvgIpc) is 3.03. The molecular formula is C23H30FN3O3. The van der Waals surface area contributed by atoms with Gasteiger partial charge in [-0.05, 0) is 63.3 Å². The number of nitrogens with zero attached hydrogens (tertiary/aromatic N) is 3. The highest BCUT2D eigenvalue weighted by Crippen LogP contribution is 2.26. The lowest BCUT2D eigenvalue weighted by atomic mass is 9.96. The fourth-order valence-electron chi connectivity index (χ4n) is 3.97. The number of hydrogen-bond acceptors (Lipinski definition) is 4. The van der Waals surface area contributed by atoms with Gasteiger partial charge in [-0.2, -0.15) is 5.10 Å². The van der Waals surface area contributed by atoms with Gasteiger partial charge in [-0.1, -0.05) is 13.8 Å². The van der Waals surface area contributed by atoms with Crippen molar-refractivity contribution in [1.29, 1.82) is 0 Å². The Morgan fingerprint density at radius 1 is 1.27 bits per heavy atom. The molecule has 0 spiro atoms. The molecule has 0 radical (unpaired) electrons. The Labute approximate surface area is 177 Å². The maximum Gasteiger partial charge on any atom is 0.310 e. The molecule has 2 aromatic rings. The average molecular weight is 416 g/mol. The highest BCUT2D eigenvalue weighted by molar-refractivity contribution is 5.97. The van der Waals surface area contributed by atoms with E-state index in [1.165, 1.54) is 12.1 Å². The normalized spacial score (nSPS) is 16.7. The van der Waals surface area contributed by atoms with E-state index in [9.17, 15) is 14.0 Å². The van der Waals surface area contributed by atoms with Crippen molar-refractivity contribution < 1.29 is 18.7 Å². The second-order valence-electron chi connectivity index (χ2n) is 8.24. The van der Waals surface area contributed by atoms with E-state index in [1.54, 1.807) is 28.6 Å². The molecule has 1 amide bonds. The van der Waals surface area contributed by atoms with E-state index < -0.39 is 0 Å². The Morgan fingerprint density at radius 2 is 1.97 bits per heavy atom. The Hall–Kier alpha value is -2.70. The van der Waals surface area contributed by atoms with Gasteiger partial charge in [0.15, 0.2) is 0 Å². The van der Waals surface area contributed by atoms with Crippen LogP contribution in [0.3, 0.4) is 0 Å². The molecule has 1 aromatic heterocycles. The van der Waals surface area contributed by atoms with Crippen molar-refractivity contribution in [3.8, 4) is 5.69 Å². The van der Waals surface area contributed by atoms with E-state index in [1.807, 2.05) is 6.92 Å². The summed E-state index contributed by atoms with van der Waals surface area (Å²) in [5.41, 5.74) is 2.74. The largest absolute Gasteiger partial charge is 0.466 e. The molecule has 2 heterocycles. The standard InChI is InChI=1S/C23H30FN3O3/c1-5-30-23(29)17-7-6-12-26(14-17)22(28)21-16(4)27(25-20(21)13-15(2)3)19-10-8-18(24)9-11-19/h8-11,15,17H,5-7,12-14H2,1-4H3. The Balaban J connectivity index is 1.93. The first kappa shape index (κ1) is 22.0. The zero-order valence-corrected chi connectivity index (χ0v) is 18.2. The maximum absolute atomic E-state index is 13.5. The molecule has 0 saturated carbocycles. The summed E-state index contributed by atoms with van der Waals surface area (Å²) >= 11 is 0. The monoisotopic (exact) mass is 415 g/mol. The Bertz CT molecular complexity index is 905. The van der Waals surface area contributed by atoms with E-state index in [-0.39, 0.29) is 23.6 Å². The van der Waals surface area contributed by atoms with Gasteiger partial charge in [-0.3, -0.25) is 9.59 Å². The molecule has 1 aliphatic heterocycles. The molecule has 1 aliphatic rings. The zero-order valence-electron chi connectivity index (χ0n) is 18.2. The van der Waals surface area contributed by atoms with Gasteiger partial charge in [-0.25, -0.2) is 9.07 Å². The number of halogens is 1. The number of carbonyl (C=O) groups is 2. The molecule has 6 nitrogen and oxygen atoms in total. The van der Waals surface area contributed by atoms with E-state index in [0.717, 1.165) is 24.2 Å². The summed E-state index contributed by atoms with van der Waals surface area (Å²) in [5.74, 6) is -0.632. The van der Waals surface area contributed by atoms with Gasteiger partial charge in [0.25, 0.3) is 5.91 Å². The molecule has 30 heavy (non-hydrogen) atoms. The van der Waals surface area contributed by atoms with E-state index in [0.29, 0.717) is 43.3 Å². The van der Waals surface area contributed by atoms with Gasteiger partial charge in [0.1, 0.15) is 5.82 Å². The summed E-state index contributed by atoms with van der Waals surface area (Å²) in [6.45, 7) is 9.12. The van der Waals surface area contributed by atoms with Gasteiger partial charge < -0.3 is 9.64 Å². The second kappa shape index (κ2) is 9.41. The van der Waals surface area contributed by atoms with Gasteiger partial charge in [0, 0.05) is 13.1 Å². The number of amides is 1. The van der Waals surface area contributed by atoms with Crippen LogP contribution >= 0.6 is 0 Å². The number of piperidine rings is 1. The van der Waals surface area contributed by atoms with Crippen molar-refractivity contribution >= 4 is 11.9 Å². The van der Waals surface area contributed by atoms with Crippen molar-refractivity contribution in [3.05, 3.63) is 47.0 Å². The minimum absolute atomic E-state index is 0.106. The zero-order chi connectivity index (χ0) is 21.8. The number of carbonyl (C=O) groups excluding carboxylic acids is 2. The molecular weight excluding hydrogens is 385 g/mol. The van der Waals surface area contributed by atoms with Crippen molar-refractivity contribution in [2.24, 2.45) is 11.8 Å². The van der Waals surface area contributed by atoms with Crippen LogP contribution in [0.2, 0.25) is 0 Å². The highest BCUT2D eigenvalue weighted by Gasteiger charge is 2.33. The number of likely N-dealkylation sites (tertiary alicyclic amines) is 1. The Kier molecular flexibility index (Phi) is 6.90. The molecule has 0 N–H and O–H groups in total. The van der Waals surface area contributed by atoms with E-state index >= 15 is 0 Å². The summed E-state index contributed by atoms with van der Waals surface area (Å²) in [6.07, 6.45) is 2.15. The lowest BCUT2D eigenvalue weighted by Crippen LogP contribution is -2.43. The van der Waals surface area contributed by atoms with Crippen molar-refractivity contribution in [3.63, 3.8) is 0 Å². The first-order valence-corrected chi connectivity index (χ1v) is 10.6. The fraction of sp³-hybridized carbons (Fsp3) is 0.522. The predicted molar refractivity (Wildman–Crippen MR) is 112 cm³/mol. The van der Waals surface area contributed by atoms with Crippen LogP contribution < -0.4 is 0 Å². The topological polar surface area (TPSA) is 64.4 Å². The lowest BCUT2D eigenvalue weighted by Gasteiger charge is -2.31. The summed E-state index contributed by atoms with van der Waals surface area (Å²) in [5, 5.41) is 4.70. The molecule has 3 rings (SSSR count). The quantitative estimate of drug-likeness (QED) is 0.671. The second-order valence-corrected chi connectivity index (χ2v) is 8.24. The maximum atomic E-state index is 13.5. The molecule has 0 bridgehead atoms. The lowest BCUT2D eigenvalue weighted by molar-refractivity contribution is -0.149. The summed E-state index contributed by atoms with van der Waals surface area (Å²) in [6, 6.07) is 6.07. The SMILES string of the molecule is CCOC(=O)C1CCCN(C(=O)c2c(CC(C)C)nn(-c3ccc(F)cc3)c2C)C1. The van der Waals surface area contributed by atoms with Crippen molar-refractivity contribution in [1.82, 2.24) is 14.7 Å². The number of rotatable bonds is 6. The first-order chi connectivity index (χ1) is 14.3. The van der Waals surface area contributed by atoms with E-state index in [2.05, 4.69) is 13.8 Å². The van der Waals surface area contributed by atoms with Crippen LogP contribution in [0.25, 0.3) is 5.69 Å². The fourth-order valence-corrected chi connectivity index (χ4v) is 3.97. The van der Waals surface area contributed by atoms with Crippen molar-refractivity contribution in [2.75, 3.05) is 19.7 Å². The van der Waals surface area contributed by atoms with E-state index in [4.69, 9.17) is 9.84 Å². The molecule has 1 aromatic carbocycles. The smallest absolute Gasteiger partial charge is 0.310 e. The molecule has 1 fully saturated rings. The van der Waals surface area contributed by atoms with Crippen molar-refractivity contribution in [2.45, 2.75) is 47.0 Å². The van der Waals surface area contributed by atoms with Crippen LogP contribution in [0.4, 0.5) is 4.39 Å². The van der Waals surface area contributed by atoms with Gasteiger partial charge >= 0.3 is 5.97 Å². The molecule has 0 aliphatic carbocycles. The first-order valence-electron chi connectivity index (χ1n) is 10.6. The minimum Gasteiger partial charge on any atom is -0.466 e. The summed E-state index contributed by atoms with van der Waals surface area (Å²) < 4.78 is 20.2. The van der Waals surface area contributed by atoms with Crippen LogP contribution in [0.15, 0.2) is 24.3 Å². The molecule has 1 saturated heterocycles. The third-order valence-electron chi connectivity index (χ3n) is 5.40. The van der Waals surface area contributed by atoms with Gasteiger partial charge in [0.05, 0.1) is 35.2 Å². The molecule has 7 heteroatoms. The predicted octanol–water partition coefficient (Wildman–Crippen LogP) is 3.93. The summed E-state index contributed by atoms with van der Waals surface area (Å²) in [4.78, 5) is 27.4. The van der Waals surface area contributed by atoms with Crippen LogP contribution in [-0.4, -0.2) is 46.3 Å². The van der Waals surface area contributed by atoms with Crippen LogP contribution in [0, 0.1) is 24.6 Å². The van der Waals surface area contributed by atoms with Crippen LogP contribution in [-0.2, 0) is 16.0 Å². The molecule has 1 unspecified atom stereocenters. The number of hydrogen-bond donors (Lipinski definition) is 0. The van der Waals surface area contributed by atoms with Gasteiger partial charge in [0.2, 0.25) is 0 Å². The minimum atomic E-state index is -0.319. The number of aromatic nitrogens is 2. The Morgan fingerprint density at radius 3 is 2.60 bits per heavy atom. The third kappa shape index (κ3) is 4.71. The number of esters is 1. The molecule has 1 atom stereocenters. The number of benzene rings is 1.